The molecule has 0 aliphatic heterocycles. The van der Waals surface area contributed by atoms with Crippen LogP contribution in [0.5, 0.6) is 11.5 Å². The zero-order valence-corrected chi connectivity index (χ0v) is 16.6. The van der Waals surface area contributed by atoms with E-state index in [0.29, 0.717) is 23.5 Å². The monoisotopic (exact) mass is 382 g/mol. The van der Waals surface area contributed by atoms with Gasteiger partial charge in [-0.15, -0.1) is 0 Å². The predicted molar refractivity (Wildman–Crippen MR) is 109 cm³/mol. The predicted octanol–water partition coefficient (Wildman–Crippen LogP) is 4.00. The van der Waals surface area contributed by atoms with E-state index in [2.05, 4.69) is 10.6 Å². The molecule has 0 bridgehead atoms. The van der Waals surface area contributed by atoms with Gasteiger partial charge < -0.3 is 20.1 Å². The van der Waals surface area contributed by atoms with Gasteiger partial charge in [0.2, 0.25) is 11.8 Å². The van der Waals surface area contributed by atoms with E-state index in [1.54, 1.807) is 19.2 Å². The van der Waals surface area contributed by atoms with Gasteiger partial charge in [-0.25, -0.2) is 0 Å². The second-order valence-electron chi connectivity index (χ2n) is 7.32. The first-order valence-electron chi connectivity index (χ1n) is 9.40. The minimum atomic E-state index is -0.325. The maximum Gasteiger partial charge on any atom is 0.228 e. The number of rotatable bonds is 7. The lowest BCUT2D eigenvalue weighted by Gasteiger charge is -2.11. The van der Waals surface area contributed by atoms with Crippen molar-refractivity contribution in [1.29, 1.82) is 0 Å². The van der Waals surface area contributed by atoms with Crippen LogP contribution in [-0.2, 0) is 9.59 Å². The van der Waals surface area contributed by atoms with Crippen LogP contribution >= 0.6 is 0 Å². The van der Waals surface area contributed by atoms with E-state index >= 15 is 0 Å². The van der Waals surface area contributed by atoms with Crippen molar-refractivity contribution in [2.45, 2.75) is 33.3 Å². The molecule has 1 fully saturated rings. The SMILES string of the molecule is COc1ccc(C)cc1NC(=O)C1CC1C(=O)Nc1ccc(OC(C)C)cc1. The molecule has 2 unspecified atom stereocenters. The first-order valence-corrected chi connectivity index (χ1v) is 9.40. The van der Waals surface area contributed by atoms with Gasteiger partial charge in [0.05, 0.1) is 30.7 Å². The zero-order valence-electron chi connectivity index (χ0n) is 16.6. The molecular formula is C22H26N2O4. The van der Waals surface area contributed by atoms with Gasteiger partial charge in [0.25, 0.3) is 0 Å². The zero-order chi connectivity index (χ0) is 20.3. The van der Waals surface area contributed by atoms with E-state index in [1.807, 2.05) is 51.1 Å². The van der Waals surface area contributed by atoms with Crippen molar-refractivity contribution in [3.05, 3.63) is 48.0 Å². The van der Waals surface area contributed by atoms with Crippen LogP contribution in [0.15, 0.2) is 42.5 Å². The summed E-state index contributed by atoms with van der Waals surface area (Å²) < 4.78 is 10.9. The smallest absolute Gasteiger partial charge is 0.228 e. The molecule has 1 saturated carbocycles. The summed E-state index contributed by atoms with van der Waals surface area (Å²) in [6, 6.07) is 12.8. The van der Waals surface area contributed by atoms with Gasteiger partial charge in [-0.2, -0.15) is 0 Å². The molecule has 0 saturated heterocycles. The third-order valence-corrected chi connectivity index (χ3v) is 4.57. The van der Waals surface area contributed by atoms with Crippen LogP contribution in [0.25, 0.3) is 0 Å². The topological polar surface area (TPSA) is 76.7 Å². The van der Waals surface area contributed by atoms with Crippen molar-refractivity contribution in [3.63, 3.8) is 0 Å². The average Bonchev–Trinajstić information content (AvgIpc) is 3.44. The highest BCUT2D eigenvalue weighted by molar-refractivity contribution is 6.03. The van der Waals surface area contributed by atoms with Crippen LogP contribution in [0.1, 0.15) is 25.8 Å². The second kappa shape index (κ2) is 8.33. The van der Waals surface area contributed by atoms with Crippen molar-refractivity contribution in [1.82, 2.24) is 0 Å². The average molecular weight is 382 g/mol. The molecule has 0 aromatic heterocycles. The molecule has 6 nitrogen and oxygen atoms in total. The number of anilines is 2. The summed E-state index contributed by atoms with van der Waals surface area (Å²) >= 11 is 0. The Bertz CT molecular complexity index is 861. The molecule has 2 amide bonds. The number of carbonyl (C=O) groups is 2. The van der Waals surface area contributed by atoms with Crippen LogP contribution in [0, 0.1) is 18.8 Å². The maximum absolute atomic E-state index is 12.5. The molecule has 2 atom stereocenters. The van der Waals surface area contributed by atoms with Gasteiger partial charge in [0, 0.05) is 5.69 Å². The highest BCUT2D eigenvalue weighted by atomic mass is 16.5. The van der Waals surface area contributed by atoms with Gasteiger partial charge in [-0.3, -0.25) is 9.59 Å². The van der Waals surface area contributed by atoms with Crippen molar-refractivity contribution in [2.24, 2.45) is 11.8 Å². The molecule has 1 aliphatic rings. The van der Waals surface area contributed by atoms with Gasteiger partial charge in [-0.05, 0) is 69.2 Å². The van der Waals surface area contributed by atoms with Gasteiger partial charge in [-0.1, -0.05) is 6.07 Å². The molecule has 6 heteroatoms. The number of ether oxygens (including phenoxy) is 2. The molecule has 28 heavy (non-hydrogen) atoms. The van der Waals surface area contributed by atoms with E-state index in [4.69, 9.17) is 9.47 Å². The highest BCUT2D eigenvalue weighted by Gasteiger charge is 2.48. The van der Waals surface area contributed by atoms with Crippen LogP contribution < -0.4 is 20.1 Å². The Morgan fingerprint density at radius 3 is 2.25 bits per heavy atom. The summed E-state index contributed by atoms with van der Waals surface area (Å²) in [6.45, 7) is 5.86. The van der Waals surface area contributed by atoms with Crippen molar-refractivity contribution in [3.8, 4) is 11.5 Å². The fourth-order valence-electron chi connectivity index (χ4n) is 3.04. The molecular weight excluding hydrogens is 356 g/mol. The van der Waals surface area contributed by atoms with Gasteiger partial charge >= 0.3 is 0 Å². The number of hydrogen-bond donors (Lipinski definition) is 2. The van der Waals surface area contributed by atoms with E-state index in [0.717, 1.165) is 11.3 Å². The first kappa shape index (κ1) is 19.7. The Morgan fingerprint density at radius 2 is 1.64 bits per heavy atom. The number of carbonyl (C=O) groups excluding carboxylic acids is 2. The Balaban J connectivity index is 1.55. The summed E-state index contributed by atoms with van der Waals surface area (Å²) in [6.07, 6.45) is 0.638. The van der Waals surface area contributed by atoms with Crippen LogP contribution in [0.3, 0.4) is 0 Å². The lowest BCUT2D eigenvalue weighted by atomic mass is 10.2. The van der Waals surface area contributed by atoms with Crippen molar-refractivity contribution >= 4 is 23.2 Å². The molecule has 2 aromatic rings. The fourth-order valence-corrected chi connectivity index (χ4v) is 3.04. The van der Waals surface area contributed by atoms with E-state index < -0.39 is 0 Å². The lowest BCUT2D eigenvalue weighted by Crippen LogP contribution is -2.20. The fraction of sp³-hybridized carbons (Fsp3) is 0.364. The van der Waals surface area contributed by atoms with Gasteiger partial charge in [0.15, 0.2) is 0 Å². The quantitative estimate of drug-likeness (QED) is 0.759. The number of methoxy groups -OCH3 is 1. The molecule has 0 spiro atoms. The molecule has 148 valence electrons. The summed E-state index contributed by atoms with van der Waals surface area (Å²) in [7, 11) is 1.56. The molecule has 0 heterocycles. The van der Waals surface area contributed by atoms with Crippen molar-refractivity contribution < 1.29 is 19.1 Å². The summed E-state index contributed by atoms with van der Waals surface area (Å²) in [4.78, 5) is 24.9. The van der Waals surface area contributed by atoms with Crippen LogP contribution in [0.4, 0.5) is 11.4 Å². The Labute approximate surface area is 165 Å². The molecule has 2 aromatic carbocycles. The first-order chi connectivity index (χ1) is 13.4. The van der Waals surface area contributed by atoms with E-state index in [-0.39, 0.29) is 29.8 Å². The Morgan fingerprint density at radius 1 is 1.00 bits per heavy atom. The molecule has 2 N–H and O–H groups in total. The number of nitrogens with one attached hydrogen (secondary N) is 2. The van der Waals surface area contributed by atoms with E-state index in [9.17, 15) is 9.59 Å². The summed E-state index contributed by atoms with van der Waals surface area (Å²) in [5, 5.41) is 5.74. The number of benzene rings is 2. The number of hydrogen-bond acceptors (Lipinski definition) is 4. The van der Waals surface area contributed by atoms with Crippen molar-refractivity contribution in [2.75, 3.05) is 17.7 Å². The molecule has 1 aliphatic carbocycles. The van der Waals surface area contributed by atoms with Crippen LogP contribution in [-0.4, -0.2) is 25.0 Å². The molecule has 3 rings (SSSR count). The largest absolute Gasteiger partial charge is 0.495 e. The van der Waals surface area contributed by atoms with Crippen LogP contribution in [0.2, 0.25) is 0 Å². The third kappa shape index (κ3) is 4.82. The Kier molecular flexibility index (Phi) is 5.87. The second-order valence-corrected chi connectivity index (χ2v) is 7.32. The molecule has 0 radical (unpaired) electrons. The standard InChI is InChI=1S/C22H26N2O4/c1-13(2)28-16-8-6-15(7-9-16)23-21(25)17-12-18(17)22(26)24-19-11-14(3)5-10-20(19)27-4/h5-11,13,17-18H,12H2,1-4H3,(H,23,25)(H,24,26). The summed E-state index contributed by atoms with van der Waals surface area (Å²) in [5.41, 5.74) is 2.33. The highest BCUT2D eigenvalue weighted by Crippen LogP contribution is 2.41. The summed E-state index contributed by atoms with van der Waals surface area (Å²) in [5.74, 6) is 0.405. The number of amides is 2. The van der Waals surface area contributed by atoms with Gasteiger partial charge in [0.1, 0.15) is 11.5 Å². The normalized spacial score (nSPS) is 17.8. The maximum atomic E-state index is 12.5. The minimum Gasteiger partial charge on any atom is -0.495 e. The number of aryl methyl sites for hydroxylation is 1. The minimum absolute atomic E-state index is 0.0956. The Hall–Kier alpha value is -3.02. The lowest BCUT2D eigenvalue weighted by molar-refractivity contribution is -0.122. The third-order valence-electron chi connectivity index (χ3n) is 4.57. The van der Waals surface area contributed by atoms with E-state index in [1.165, 1.54) is 0 Å².